The van der Waals surface area contributed by atoms with Crippen molar-refractivity contribution in [1.29, 1.82) is 0 Å². The fraction of sp³-hybridized carbons (Fsp3) is 0.308. The molecule has 4 unspecified atom stereocenters. The molecule has 4 atom stereocenters. The number of phenolic OH excluding ortho intramolecular Hbond substituents is 1. The highest BCUT2D eigenvalue weighted by molar-refractivity contribution is 6.24. The van der Waals surface area contributed by atoms with Crippen molar-refractivity contribution in [3.8, 4) is 16.9 Å². The van der Waals surface area contributed by atoms with Gasteiger partial charge in [0.05, 0.1) is 11.6 Å². The molecule has 5 rings (SSSR count). The van der Waals surface area contributed by atoms with E-state index in [-0.39, 0.29) is 29.7 Å². The number of aromatic hydroxyl groups is 1. The lowest BCUT2D eigenvalue weighted by atomic mass is 9.58. The van der Waals surface area contributed by atoms with Crippen LogP contribution in [0.15, 0.2) is 59.3 Å². The highest BCUT2D eigenvalue weighted by Gasteiger charge is 2.63. The number of aliphatic hydroxyl groups excluding tert-OH is 2. The van der Waals surface area contributed by atoms with Gasteiger partial charge in [-0.25, -0.2) is 0 Å². The van der Waals surface area contributed by atoms with E-state index >= 15 is 0 Å². The average Bonchev–Trinajstić information content (AvgIpc) is 2.81. The molecule has 1 amide bonds. The normalized spacial score (nSPS) is 27.6. The number of rotatable bonds is 3. The number of hydrogen-bond acceptors (Lipinski definition) is 9. The van der Waals surface area contributed by atoms with Gasteiger partial charge in [0, 0.05) is 23.9 Å². The molecule has 186 valence electrons. The predicted molar refractivity (Wildman–Crippen MR) is 127 cm³/mol. The number of nitrogens with zero attached hydrogens (tertiary/aromatic N) is 2. The second kappa shape index (κ2) is 8.00. The number of amides is 1. The molecule has 3 aliphatic rings. The predicted octanol–water partition coefficient (Wildman–Crippen LogP) is 1.18. The van der Waals surface area contributed by atoms with Gasteiger partial charge in [-0.1, -0.05) is 6.07 Å². The first kappa shape index (κ1) is 23.7. The maximum absolute atomic E-state index is 13.7. The van der Waals surface area contributed by atoms with Crippen LogP contribution in [0.1, 0.15) is 22.3 Å². The van der Waals surface area contributed by atoms with Crippen LogP contribution in [0, 0.1) is 11.8 Å². The van der Waals surface area contributed by atoms with Crippen LogP contribution < -0.4 is 5.73 Å². The SMILES string of the molecule is CN(C)C1C(O)=C(C(N)=O)C(=O)C2(O)C(O)=C3C(=O)c4c(O)ccc(-c5ccncc5)c4CC3CC12. The van der Waals surface area contributed by atoms with Gasteiger partial charge >= 0.3 is 0 Å². The van der Waals surface area contributed by atoms with Crippen LogP contribution in [0.3, 0.4) is 0 Å². The summed E-state index contributed by atoms with van der Waals surface area (Å²) in [5, 5.41) is 44.4. The van der Waals surface area contributed by atoms with Gasteiger partial charge in [-0.2, -0.15) is 0 Å². The van der Waals surface area contributed by atoms with Crippen molar-refractivity contribution < 1.29 is 34.8 Å². The quantitative estimate of drug-likeness (QED) is 0.395. The molecule has 0 saturated heterocycles. The van der Waals surface area contributed by atoms with Gasteiger partial charge in [0.2, 0.25) is 5.78 Å². The van der Waals surface area contributed by atoms with E-state index in [1.54, 1.807) is 44.7 Å². The zero-order valence-corrected chi connectivity index (χ0v) is 19.6. The third kappa shape index (κ3) is 3.04. The standard InChI is InChI=1S/C26H25N3O7/c1-29(2)20-15-10-12-9-14-13(11-5-7-28-8-6-11)3-4-16(30)18(14)21(31)17(12)23(33)26(15,36)24(34)19(22(20)32)25(27)35/h3-8,12,15,20,30,32-33,36H,9-10H2,1-2H3,(H2,27,35). The number of ketones is 2. The fourth-order valence-electron chi connectivity index (χ4n) is 6.05. The van der Waals surface area contributed by atoms with Crippen molar-refractivity contribution in [1.82, 2.24) is 9.88 Å². The molecule has 10 nitrogen and oxygen atoms in total. The lowest BCUT2D eigenvalue weighted by Gasteiger charge is -2.50. The molecule has 1 aromatic heterocycles. The lowest BCUT2D eigenvalue weighted by molar-refractivity contribution is -0.148. The van der Waals surface area contributed by atoms with Gasteiger partial charge < -0.3 is 26.2 Å². The number of carbonyl (C=O) groups is 3. The number of aromatic nitrogens is 1. The maximum Gasteiger partial charge on any atom is 0.255 e. The monoisotopic (exact) mass is 491 g/mol. The van der Waals surface area contributed by atoms with Crippen molar-refractivity contribution in [2.45, 2.75) is 24.5 Å². The molecule has 1 heterocycles. The summed E-state index contributed by atoms with van der Waals surface area (Å²) < 4.78 is 0. The Morgan fingerprint density at radius 2 is 1.78 bits per heavy atom. The highest BCUT2D eigenvalue weighted by Crippen LogP contribution is 2.53. The summed E-state index contributed by atoms with van der Waals surface area (Å²) in [4.78, 5) is 44.6. The Kier molecular flexibility index (Phi) is 5.27. The molecule has 36 heavy (non-hydrogen) atoms. The van der Waals surface area contributed by atoms with Gasteiger partial charge in [0.1, 0.15) is 22.8 Å². The number of carbonyl (C=O) groups excluding carboxylic acids is 3. The van der Waals surface area contributed by atoms with Crippen LogP contribution in [-0.4, -0.2) is 73.5 Å². The number of Topliss-reactive ketones (excluding diaryl/α,β-unsaturated/α-hetero) is 2. The number of fused-ring (bicyclic) bond motifs is 3. The summed E-state index contributed by atoms with van der Waals surface area (Å²) in [6.45, 7) is 0. The topological polar surface area (TPSA) is 174 Å². The van der Waals surface area contributed by atoms with E-state index in [1.807, 2.05) is 0 Å². The van der Waals surface area contributed by atoms with Gasteiger partial charge in [0.25, 0.3) is 5.91 Å². The Bertz CT molecular complexity index is 1400. The van der Waals surface area contributed by atoms with Crippen molar-refractivity contribution in [2.24, 2.45) is 17.6 Å². The Hall–Kier alpha value is -4.02. The minimum atomic E-state index is -2.65. The molecular weight excluding hydrogens is 466 g/mol. The van der Waals surface area contributed by atoms with E-state index in [2.05, 4.69) is 4.98 Å². The van der Waals surface area contributed by atoms with E-state index < -0.39 is 58.0 Å². The van der Waals surface area contributed by atoms with Crippen LogP contribution in [-0.2, 0) is 16.0 Å². The first-order valence-electron chi connectivity index (χ1n) is 11.4. The molecule has 0 fully saturated rings. The molecule has 6 N–H and O–H groups in total. The number of phenols is 1. The summed E-state index contributed by atoms with van der Waals surface area (Å²) in [5.74, 6) is -6.69. The van der Waals surface area contributed by atoms with Gasteiger partial charge in [-0.3, -0.25) is 24.3 Å². The van der Waals surface area contributed by atoms with Crippen molar-refractivity contribution in [3.05, 3.63) is 70.5 Å². The minimum absolute atomic E-state index is 0.0231. The summed E-state index contributed by atoms with van der Waals surface area (Å²) in [6, 6.07) is 5.60. The van der Waals surface area contributed by atoms with Crippen LogP contribution in [0.4, 0.5) is 0 Å². The Labute approximate surface area is 206 Å². The third-order valence-electron chi connectivity index (χ3n) is 7.60. The number of pyridine rings is 1. The first-order valence-corrected chi connectivity index (χ1v) is 11.4. The van der Waals surface area contributed by atoms with E-state index in [4.69, 9.17) is 5.73 Å². The van der Waals surface area contributed by atoms with Crippen molar-refractivity contribution >= 4 is 17.5 Å². The largest absolute Gasteiger partial charge is 0.510 e. The van der Waals surface area contributed by atoms with E-state index in [0.29, 0.717) is 11.1 Å². The highest BCUT2D eigenvalue weighted by atomic mass is 16.3. The van der Waals surface area contributed by atoms with Crippen LogP contribution in [0.5, 0.6) is 5.75 Å². The Balaban J connectivity index is 1.73. The van der Waals surface area contributed by atoms with Crippen molar-refractivity contribution in [2.75, 3.05) is 14.1 Å². The smallest absolute Gasteiger partial charge is 0.255 e. The molecule has 2 aromatic rings. The zero-order chi connectivity index (χ0) is 26.1. The number of likely N-dealkylation sites (N-methyl/N-ethyl adjacent to an activating group) is 1. The molecule has 3 aliphatic carbocycles. The zero-order valence-electron chi connectivity index (χ0n) is 19.6. The summed E-state index contributed by atoms with van der Waals surface area (Å²) in [7, 11) is 3.18. The molecule has 10 heteroatoms. The maximum atomic E-state index is 13.7. The Morgan fingerprint density at radius 3 is 2.39 bits per heavy atom. The second-order valence-electron chi connectivity index (χ2n) is 9.68. The summed E-state index contributed by atoms with van der Waals surface area (Å²) in [5.41, 5.74) is 3.72. The first-order chi connectivity index (χ1) is 17.0. The molecule has 0 radical (unpaired) electrons. The number of allylic oxidation sites excluding steroid dienone is 1. The molecule has 0 saturated carbocycles. The third-order valence-corrected chi connectivity index (χ3v) is 7.60. The fourth-order valence-corrected chi connectivity index (χ4v) is 6.05. The van der Waals surface area contributed by atoms with Gasteiger partial charge in [-0.15, -0.1) is 0 Å². The van der Waals surface area contributed by atoms with Gasteiger partial charge in [-0.05, 0) is 67.7 Å². The molecule has 0 bridgehead atoms. The van der Waals surface area contributed by atoms with Crippen molar-refractivity contribution in [3.63, 3.8) is 0 Å². The van der Waals surface area contributed by atoms with Crippen LogP contribution in [0.2, 0.25) is 0 Å². The molecule has 0 spiro atoms. The summed E-state index contributed by atoms with van der Waals surface area (Å²) in [6.07, 6.45) is 3.48. The average molecular weight is 492 g/mol. The second-order valence-corrected chi connectivity index (χ2v) is 9.68. The minimum Gasteiger partial charge on any atom is -0.510 e. The van der Waals surface area contributed by atoms with Gasteiger partial charge in [0.15, 0.2) is 11.4 Å². The van der Waals surface area contributed by atoms with Crippen LogP contribution in [0.25, 0.3) is 11.1 Å². The van der Waals surface area contributed by atoms with E-state index in [9.17, 15) is 34.8 Å². The molecule has 1 aromatic carbocycles. The number of primary amides is 1. The Morgan fingerprint density at radius 1 is 1.11 bits per heavy atom. The van der Waals surface area contributed by atoms with E-state index in [0.717, 1.165) is 5.56 Å². The van der Waals surface area contributed by atoms with Crippen LogP contribution >= 0.6 is 0 Å². The number of nitrogens with two attached hydrogens (primary N) is 1. The van der Waals surface area contributed by atoms with E-state index in [1.165, 1.54) is 11.0 Å². The molecule has 0 aliphatic heterocycles. The number of hydrogen-bond donors (Lipinski definition) is 5. The number of benzene rings is 1. The summed E-state index contributed by atoms with van der Waals surface area (Å²) >= 11 is 0. The lowest BCUT2D eigenvalue weighted by Crippen LogP contribution is -2.63. The number of aliphatic hydroxyl groups is 3. The molecular formula is C26H25N3O7.